The lowest BCUT2D eigenvalue weighted by atomic mass is 10.1. The van der Waals surface area contributed by atoms with Gasteiger partial charge in [0, 0.05) is 25.6 Å². The van der Waals surface area contributed by atoms with Crippen molar-refractivity contribution in [2.75, 3.05) is 32.8 Å². The van der Waals surface area contributed by atoms with Gasteiger partial charge in [-0.15, -0.1) is 0 Å². The quantitative estimate of drug-likeness (QED) is 0.653. The Morgan fingerprint density at radius 1 is 1.27 bits per heavy atom. The van der Waals surface area contributed by atoms with Crippen LogP contribution in [0, 0.1) is 5.92 Å². The number of hydrogen-bond donors (Lipinski definition) is 3. The Labute approximate surface area is 130 Å². The molecule has 0 saturated carbocycles. The van der Waals surface area contributed by atoms with Crippen molar-refractivity contribution >= 4 is 5.91 Å². The highest BCUT2D eigenvalue weighted by molar-refractivity contribution is 5.77. The first-order valence-corrected chi connectivity index (χ1v) is 7.70. The number of aliphatic hydroxyl groups excluding tert-OH is 1. The molecule has 2 atom stereocenters. The van der Waals surface area contributed by atoms with E-state index in [2.05, 4.69) is 17.6 Å². The van der Waals surface area contributed by atoms with Crippen LogP contribution in [0.15, 0.2) is 24.3 Å². The van der Waals surface area contributed by atoms with E-state index >= 15 is 0 Å². The first-order chi connectivity index (χ1) is 10.7. The number of benzene rings is 1. The highest BCUT2D eigenvalue weighted by Crippen LogP contribution is 2.17. The maximum absolute atomic E-state index is 11.7. The molecule has 3 N–H and O–H groups in total. The van der Waals surface area contributed by atoms with Crippen LogP contribution in [-0.4, -0.2) is 50.0 Å². The Balaban J connectivity index is 1.67. The fourth-order valence-corrected chi connectivity index (χ4v) is 2.22. The molecule has 0 aliphatic carbocycles. The van der Waals surface area contributed by atoms with Crippen molar-refractivity contribution in [1.82, 2.24) is 10.6 Å². The molecular weight excluding hydrogens is 284 g/mol. The van der Waals surface area contributed by atoms with E-state index in [1.165, 1.54) is 0 Å². The van der Waals surface area contributed by atoms with Gasteiger partial charge in [0.2, 0.25) is 0 Å². The molecule has 2 unspecified atom stereocenters. The Kier molecular flexibility index (Phi) is 6.48. The van der Waals surface area contributed by atoms with E-state index in [1.807, 2.05) is 12.1 Å². The van der Waals surface area contributed by atoms with Crippen LogP contribution in [0.4, 0.5) is 0 Å². The number of hydrogen-bond acceptors (Lipinski definition) is 5. The van der Waals surface area contributed by atoms with Crippen LogP contribution in [0.5, 0.6) is 11.5 Å². The van der Waals surface area contributed by atoms with Gasteiger partial charge in [0.25, 0.3) is 5.91 Å². The molecule has 1 aromatic rings. The molecule has 1 aliphatic rings. The van der Waals surface area contributed by atoms with Gasteiger partial charge >= 0.3 is 0 Å². The minimum atomic E-state index is -0.392. The average molecular weight is 308 g/mol. The van der Waals surface area contributed by atoms with E-state index in [0.29, 0.717) is 25.4 Å². The van der Waals surface area contributed by atoms with E-state index in [0.717, 1.165) is 18.7 Å². The fourth-order valence-electron chi connectivity index (χ4n) is 2.22. The monoisotopic (exact) mass is 308 g/mol. The van der Waals surface area contributed by atoms with Gasteiger partial charge in [-0.3, -0.25) is 4.79 Å². The second kappa shape index (κ2) is 8.60. The third-order valence-electron chi connectivity index (χ3n) is 3.53. The van der Waals surface area contributed by atoms with Crippen molar-refractivity contribution in [3.63, 3.8) is 0 Å². The average Bonchev–Trinajstić information content (AvgIpc) is 2.95. The van der Waals surface area contributed by atoms with Gasteiger partial charge in [-0.1, -0.05) is 6.92 Å². The van der Waals surface area contributed by atoms with Crippen LogP contribution in [0.25, 0.3) is 0 Å². The van der Waals surface area contributed by atoms with Crippen LogP contribution in [0.2, 0.25) is 0 Å². The van der Waals surface area contributed by atoms with Crippen molar-refractivity contribution in [2.24, 2.45) is 5.92 Å². The number of amides is 1. The fraction of sp³-hybridized carbons (Fsp3) is 0.562. The van der Waals surface area contributed by atoms with Crippen molar-refractivity contribution in [2.45, 2.75) is 19.4 Å². The molecule has 0 radical (unpaired) electrons. The Morgan fingerprint density at radius 2 is 1.95 bits per heavy atom. The molecule has 1 aliphatic heterocycles. The minimum Gasteiger partial charge on any atom is -0.494 e. The van der Waals surface area contributed by atoms with Gasteiger partial charge in [0.05, 0.1) is 12.7 Å². The maximum Gasteiger partial charge on any atom is 0.257 e. The number of carbonyl (C=O) groups excluding carboxylic acids is 1. The van der Waals surface area contributed by atoms with Gasteiger partial charge in [0.15, 0.2) is 6.61 Å². The zero-order valence-electron chi connectivity index (χ0n) is 12.9. The summed E-state index contributed by atoms with van der Waals surface area (Å²) < 4.78 is 10.9. The molecular formula is C16H24N2O4. The smallest absolute Gasteiger partial charge is 0.257 e. The van der Waals surface area contributed by atoms with Crippen molar-refractivity contribution in [3.8, 4) is 11.5 Å². The van der Waals surface area contributed by atoms with Crippen LogP contribution in [0.3, 0.4) is 0 Å². The van der Waals surface area contributed by atoms with E-state index in [4.69, 9.17) is 9.47 Å². The van der Waals surface area contributed by atoms with E-state index in [9.17, 15) is 9.90 Å². The highest BCUT2D eigenvalue weighted by Gasteiger charge is 2.24. The summed E-state index contributed by atoms with van der Waals surface area (Å²) in [4.78, 5) is 11.7. The summed E-state index contributed by atoms with van der Waals surface area (Å²) in [7, 11) is 0. The molecule has 2 rings (SSSR count). The number of carbonyl (C=O) groups is 1. The SMILES string of the molecule is CCCOc1ccc(OCC(=O)NCC2CNCC2O)cc1. The van der Waals surface area contributed by atoms with Crippen molar-refractivity contribution < 1.29 is 19.4 Å². The first-order valence-electron chi connectivity index (χ1n) is 7.70. The molecule has 0 spiro atoms. The van der Waals surface area contributed by atoms with Crippen molar-refractivity contribution in [3.05, 3.63) is 24.3 Å². The summed E-state index contributed by atoms with van der Waals surface area (Å²) >= 11 is 0. The van der Waals surface area contributed by atoms with Crippen LogP contribution >= 0.6 is 0 Å². The van der Waals surface area contributed by atoms with Gasteiger partial charge < -0.3 is 25.2 Å². The molecule has 1 heterocycles. The standard InChI is InChI=1S/C16H24N2O4/c1-2-7-21-13-3-5-14(6-4-13)22-11-16(20)18-9-12-8-17-10-15(12)19/h3-6,12,15,17,19H,2,7-11H2,1H3,(H,18,20). The highest BCUT2D eigenvalue weighted by atomic mass is 16.5. The van der Waals surface area contributed by atoms with E-state index in [-0.39, 0.29) is 18.4 Å². The van der Waals surface area contributed by atoms with Crippen LogP contribution < -0.4 is 20.1 Å². The Hall–Kier alpha value is -1.79. The lowest BCUT2D eigenvalue weighted by molar-refractivity contribution is -0.123. The summed E-state index contributed by atoms with van der Waals surface area (Å²) in [6, 6.07) is 7.21. The molecule has 1 amide bonds. The molecule has 1 fully saturated rings. The Morgan fingerprint density at radius 3 is 2.55 bits per heavy atom. The zero-order valence-corrected chi connectivity index (χ0v) is 12.9. The molecule has 0 bridgehead atoms. The van der Waals surface area contributed by atoms with E-state index in [1.54, 1.807) is 12.1 Å². The number of nitrogens with one attached hydrogen (secondary N) is 2. The first kappa shape index (κ1) is 16.6. The molecule has 6 heteroatoms. The third-order valence-corrected chi connectivity index (χ3v) is 3.53. The maximum atomic E-state index is 11.7. The molecule has 22 heavy (non-hydrogen) atoms. The number of rotatable bonds is 8. The van der Waals surface area contributed by atoms with Gasteiger partial charge in [-0.2, -0.15) is 0 Å². The van der Waals surface area contributed by atoms with Crippen LogP contribution in [-0.2, 0) is 4.79 Å². The number of β-amino-alcohol motifs (C(OH)–C–C–N with tert-alkyl or cyclic N) is 1. The summed E-state index contributed by atoms with van der Waals surface area (Å²) in [5, 5.41) is 15.5. The summed E-state index contributed by atoms with van der Waals surface area (Å²) in [5.41, 5.74) is 0. The van der Waals surface area contributed by atoms with Gasteiger partial charge in [-0.05, 0) is 30.7 Å². The summed E-state index contributed by atoms with van der Waals surface area (Å²) in [6.45, 7) is 4.47. The zero-order chi connectivity index (χ0) is 15.8. The lowest BCUT2D eigenvalue weighted by Gasteiger charge is -2.14. The Bertz CT molecular complexity index is 464. The molecule has 1 saturated heterocycles. The largest absolute Gasteiger partial charge is 0.494 e. The van der Waals surface area contributed by atoms with E-state index < -0.39 is 6.10 Å². The number of ether oxygens (including phenoxy) is 2. The predicted molar refractivity (Wildman–Crippen MR) is 83.1 cm³/mol. The van der Waals surface area contributed by atoms with Gasteiger partial charge in [-0.25, -0.2) is 0 Å². The molecule has 0 aromatic heterocycles. The predicted octanol–water partition coefficient (Wildman–Crippen LogP) is 0.551. The minimum absolute atomic E-state index is 0.0363. The third kappa shape index (κ3) is 5.20. The van der Waals surface area contributed by atoms with Crippen molar-refractivity contribution in [1.29, 1.82) is 0 Å². The normalized spacial score (nSPS) is 20.6. The summed E-state index contributed by atoms with van der Waals surface area (Å²) in [5.74, 6) is 1.30. The second-order valence-corrected chi connectivity index (χ2v) is 5.40. The molecule has 122 valence electrons. The number of aliphatic hydroxyl groups is 1. The second-order valence-electron chi connectivity index (χ2n) is 5.40. The summed E-state index contributed by atoms with van der Waals surface area (Å²) in [6.07, 6.45) is 0.570. The lowest BCUT2D eigenvalue weighted by Crippen LogP contribution is -2.36. The molecule has 6 nitrogen and oxygen atoms in total. The molecule has 1 aromatic carbocycles. The van der Waals surface area contributed by atoms with Gasteiger partial charge in [0.1, 0.15) is 11.5 Å². The van der Waals surface area contributed by atoms with Crippen LogP contribution in [0.1, 0.15) is 13.3 Å². The topological polar surface area (TPSA) is 79.8 Å².